The second-order valence-corrected chi connectivity index (χ2v) is 13.4. The average molecular weight is 683 g/mol. The zero-order chi connectivity index (χ0) is 35.0. The molecule has 2 aromatic rings. The Labute approximate surface area is 285 Å². The fourth-order valence-corrected chi connectivity index (χ4v) is 6.72. The highest BCUT2D eigenvalue weighted by molar-refractivity contribution is 6.34. The Morgan fingerprint density at radius 3 is 2.60 bits per heavy atom. The van der Waals surface area contributed by atoms with E-state index >= 15 is 0 Å². The van der Waals surface area contributed by atoms with Crippen LogP contribution in [0, 0.1) is 12.8 Å². The van der Waals surface area contributed by atoms with Crippen molar-refractivity contribution in [1.82, 2.24) is 5.32 Å². The predicted molar refractivity (Wildman–Crippen MR) is 182 cm³/mol. The number of benzene rings is 2. The van der Waals surface area contributed by atoms with Crippen molar-refractivity contribution in [2.24, 2.45) is 5.92 Å². The zero-order valence-electron chi connectivity index (χ0n) is 27.9. The van der Waals surface area contributed by atoms with Gasteiger partial charge in [0, 0.05) is 37.9 Å². The third-order valence-electron chi connectivity index (χ3n) is 9.35. The number of fused-ring (bicyclic) bond motifs is 5. The maximum absolute atomic E-state index is 13.9. The molecule has 2 aromatic carbocycles. The number of hydrogen-bond donors (Lipinski definition) is 4. The van der Waals surface area contributed by atoms with Gasteiger partial charge in [-0.1, -0.05) is 48.4 Å². The summed E-state index contributed by atoms with van der Waals surface area (Å²) in [6.07, 6.45) is 0.660. The number of nitrogens with zero attached hydrogens (tertiary/aromatic N) is 1. The molecule has 3 aliphatic rings. The van der Waals surface area contributed by atoms with Crippen molar-refractivity contribution in [1.29, 1.82) is 0 Å². The summed E-state index contributed by atoms with van der Waals surface area (Å²) in [6, 6.07) is 10.4. The molecule has 0 saturated carbocycles. The number of nitrogen functional groups attached to an aromatic ring is 1. The molecule has 3 heterocycles. The number of allylic oxidation sites excluding steroid dienone is 3. The molecular weight excluding hydrogens is 640 g/mol. The molecule has 48 heavy (non-hydrogen) atoms. The smallest absolute Gasteiger partial charge is 0.412 e. The van der Waals surface area contributed by atoms with E-state index in [1.807, 2.05) is 39.0 Å². The van der Waals surface area contributed by atoms with Crippen LogP contribution in [0.25, 0.3) is 0 Å². The van der Waals surface area contributed by atoms with Crippen molar-refractivity contribution in [3.63, 3.8) is 0 Å². The van der Waals surface area contributed by atoms with Gasteiger partial charge in [-0.15, -0.1) is 0 Å². The number of nitrogens with two attached hydrogens (primary N) is 1. The van der Waals surface area contributed by atoms with Crippen LogP contribution in [0.5, 0.6) is 0 Å². The third-order valence-corrected chi connectivity index (χ3v) is 9.84. The fourth-order valence-electron chi connectivity index (χ4n) is 6.49. The van der Waals surface area contributed by atoms with Crippen LogP contribution in [0.4, 0.5) is 26.7 Å². The van der Waals surface area contributed by atoms with Gasteiger partial charge in [-0.3, -0.25) is 15.4 Å². The molecule has 12 nitrogen and oxygen atoms in total. The van der Waals surface area contributed by atoms with Gasteiger partial charge in [0.2, 0.25) is 5.91 Å². The summed E-state index contributed by atoms with van der Waals surface area (Å²) in [6.45, 7) is 7.39. The van der Waals surface area contributed by atoms with Crippen LogP contribution >= 0.6 is 11.6 Å². The molecule has 5 rings (SSSR count). The van der Waals surface area contributed by atoms with E-state index in [1.165, 1.54) is 12.0 Å². The van der Waals surface area contributed by atoms with E-state index in [-0.39, 0.29) is 18.7 Å². The lowest BCUT2D eigenvalue weighted by Crippen LogP contribution is -2.63. The minimum Gasteiger partial charge on any atom is -0.446 e. The van der Waals surface area contributed by atoms with Gasteiger partial charge < -0.3 is 34.7 Å². The van der Waals surface area contributed by atoms with Gasteiger partial charge in [-0.05, 0) is 68.7 Å². The Kier molecular flexibility index (Phi) is 10.1. The van der Waals surface area contributed by atoms with Crippen LogP contribution in [0.2, 0.25) is 5.02 Å². The first-order valence-electron chi connectivity index (χ1n) is 15.8. The van der Waals surface area contributed by atoms with Gasteiger partial charge in [-0.25, -0.2) is 9.59 Å². The lowest BCUT2D eigenvalue weighted by Gasteiger charge is -2.42. The molecule has 13 heteroatoms. The van der Waals surface area contributed by atoms with Crippen molar-refractivity contribution in [3.05, 3.63) is 76.3 Å². The molecule has 0 aromatic heterocycles. The van der Waals surface area contributed by atoms with Crippen molar-refractivity contribution in [2.45, 2.75) is 82.7 Å². The third kappa shape index (κ3) is 7.46. The standard InChI is InChI=1S/C35H43ClN4O8/c1-19-8-7-9-27(45-6)35(44)18-26(46-33(43)39-35)21(3)31-34(4,48-31)28(47-32(42)38-24-12-10-23(37)11-13-24)17-29(41)40(5)25-16-22(14-19)15-20(2)30(25)36/h7-13,15-16,21,26-28,31,44H,14,17-18,37H2,1-6H3,(H,38,42)(H,39,43)/b9-7+,19-8+/t21-,26+,27-,28+,31+,34+,35+/m1/s1. The van der Waals surface area contributed by atoms with Gasteiger partial charge in [0.05, 0.1) is 23.2 Å². The molecule has 0 aliphatic carbocycles. The topological polar surface area (TPSA) is 165 Å². The van der Waals surface area contributed by atoms with Crippen LogP contribution < -0.4 is 21.3 Å². The summed E-state index contributed by atoms with van der Waals surface area (Å²) in [5.74, 6) is -0.841. The van der Waals surface area contributed by atoms with E-state index in [2.05, 4.69) is 10.6 Å². The van der Waals surface area contributed by atoms with E-state index in [0.29, 0.717) is 28.5 Å². The van der Waals surface area contributed by atoms with E-state index < -0.39 is 53.8 Å². The normalized spacial score (nSPS) is 32.5. The molecule has 5 N–H and O–H groups in total. The van der Waals surface area contributed by atoms with E-state index in [9.17, 15) is 19.5 Å². The summed E-state index contributed by atoms with van der Waals surface area (Å²) in [5, 5.41) is 17.3. The van der Waals surface area contributed by atoms with Crippen LogP contribution in [-0.4, -0.2) is 73.1 Å². The van der Waals surface area contributed by atoms with Gasteiger partial charge in [0.25, 0.3) is 0 Å². The number of ether oxygens (including phenoxy) is 4. The van der Waals surface area contributed by atoms with Gasteiger partial charge in [0.1, 0.15) is 23.9 Å². The molecule has 2 fully saturated rings. The summed E-state index contributed by atoms with van der Waals surface area (Å²) in [4.78, 5) is 41.3. The number of amides is 3. The maximum atomic E-state index is 13.9. The van der Waals surface area contributed by atoms with Gasteiger partial charge in [-0.2, -0.15) is 0 Å². The Morgan fingerprint density at radius 2 is 1.92 bits per heavy atom. The van der Waals surface area contributed by atoms with Crippen molar-refractivity contribution in [2.75, 3.05) is 30.1 Å². The number of hydrogen-bond acceptors (Lipinski definition) is 9. The zero-order valence-corrected chi connectivity index (χ0v) is 28.7. The van der Waals surface area contributed by atoms with Crippen LogP contribution in [0.1, 0.15) is 44.7 Å². The molecular formula is C35H43ClN4O8. The highest BCUT2D eigenvalue weighted by Gasteiger charge is 2.64. The molecule has 0 unspecified atom stereocenters. The van der Waals surface area contributed by atoms with E-state index in [0.717, 1.165) is 16.7 Å². The Balaban J connectivity index is 1.52. The van der Waals surface area contributed by atoms with Crippen LogP contribution in [0.3, 0.4) is 0 Å². The first-order valence-corrected chi connectivity index (χ1v) is 16.2. The van der Waals surface area contributed by atoms with Gasteiger partial charge in [0.15, 0.2) is 5.72 Å². The molecule has 4 bridgehead atoms. The molecule has 0 spiro atoms. The average Bonchev–Trinajstić information content (AvgIpc) is 3.72. The first kappa shape index (κ1) is 35.2. The minimum atomic E-state index is -1.79. The number of rotatable bonds is 3. The Morgan fingerprint density at radius 1 is 1.21 bits per heavy atom. The molecule has 258 valence electrons. The number of halogens is 1. The predicted octanol–water partition coefficient (Wildman–Crippen LogP) is 5.26. The second-order valence-electron chi connectivity index (χ2n) is 13.1. The van der Waals surface area contributed by atoms with Crippen molar-refractivity contribution in [3.8, 4) is 0 Å². The number of carbonyl (C=O) groups is 3. The number of carbonyl (C=O) groups excluding carboxylic acids is 3. The summed E-state index contributed by atoms with van der Waals surface area (Å²) >= 11 is 6.73. The monoisotopic (exact) mass is 682 g/mol. The van der Waals surface area contributed by atoms with Crippen molar-refractivity contribution >= 4 is 46.8 Å². The van der Waals surface area contributed by atoms with Gasteiger partial charge >= 0.3 is 12.2 Å². The number of anilines is 3. The van der Waals surface area contributed by atoms with Crippen molar-refractivity contribution < 1.29 is 38.4 Å². The molecule has 0 radical (unpaired) electrons. The van der Waals surface area contributed by atoms with E-state index in [1.54, 1.807) is 50.4 Å². The number of aryl methyl sites for hydroxylation is 1. The molecule has 7 atom stereocenters. The Hall–Kier alpha value is -4.10. The molecule has 3 aliphatic heterocycles. The number of epoxide rings is 1. The quantitative estimate of drug-likeness (QED) is 0.250. The molecule has 2 saturated heterocycles. The number of aliphatic hydroxyl groups is 1. The van der Waals surface area contributed by atoms with Crippen LogP contribution in [0.15, 0.2) is 60.2 Å². The largest absolute Gasteiger partial charge is 0.446 e. The number of nitrogens with one attached hydrogen (secondary N) is 2. The first-order chi connectivity index (χ1) is 22.6. The summed E-state index contributed by atoms with van der Waals surface area (Å²) in [5.41, 5.74) is 7.05. The molecule has 3 amide bonds. The lowest BCUT2D eigenvalue weighted by atomic mass is 9.83. The highest BCUT2D eigenvalue weighted by Crippen LogP contribution is 2.49. The summed E-state index contributed by atoms with van der Waals surface area (Å²) < 4.78 is 23.4. The number of alkyl carbamates (subject to hydrolysis) is 1. The minimum absolute atomic E-state index is 0.0180. The Bertz CT molecular complexity index is 1630. The van der Waals surface area contributed by atoms with Crippen LogP contribution in [-0.2, 0) is 30.2 Å². The van der Waals surface area contributed by atoms with E-state index in [4.69, 9.17) is 36.3 Å². The maximum Gasteiger partial charge on any atom is 0.412 e. The highest BCUT2D eigenvalue weighted by atomic mass is 35.5. The summed E-state index contributed by atoms with van der Waals surface area (Å²) in [7, 11) is 3.08. The fraction of sp³-hybridized carbons (Fsp3) is 0.457. The second kappa shape index (κ2) is 13.8. The number of methoxy groups -OCH3 is 1. The SMILES string of the molecule is CO[C@@H]1/C=C/C=C(\C)Cc2cc(C)c(Cl)c(c2)N(C)C(=O)C[C@H](OC(=O)Nc2ccc(N)cc2)[C@]2(C)O[C@H]2[C@H](C)[C@@H]2C[C@@]1(O)NC(=O)O2. The lowest BCUT2D eigenvalue weighted by molar-refractivity contribution is -0.142.